The third kappa shape index (κ3) is 6.50. The van der Waals surface area contributed by atoms with Gasteiger partial charge in [0.15, 0.2) is 11.5 Å². The van der Waals surface area contributed by atoms with Crippen molar-refractivity contribution < 1.29 is 19.1 Å². The number of aryl methyl sites for hydroxylation is 1. The van der Waals surface area contributed by atoms with Crippen LogP contribution in [0.1, 0.15) is 23.6 Å². The highest BCUT2D eigenvalue weighted by Gasteiger charge is 2.15. The van der Waals surface area contributed by atoms with Crippen molar-refractivity contribution in [3.8, 4) is 17.6 Å². The number of imide groups is 1. The van der Waals surface area contributed by atoms with Gasteiger partial charge in [-0.15, -0.1) is 0 Å². The van der Waals surface area contributed by atoms with E-state index in [0.29, 0.717) is 30.3 Å². The number of halogens is 1. The highest BCUT2D eigenvalue weighted by atomic mass is 127. The SMILES string of the molecule is CCOc1cc(/C=C(/C#N)C(=O)NC(N)=O)cc(I)c1OCc1ccc(C)cc1. The molecular weight excluding hydrogens is 485 g/mol. The molecule has 0 saturated carbocycles. The van der Waals surface area contributed by atoms with Gasteiger partial charge in [-0.3, -0.25) is 10.1 Å². The van der Waals surface area contributed by atoms with Crippen LogP contribution in [0.4, 0.5) is 4.79 Å². The molecule has 3 N–H and O–H groups in total. The summed E-state index contributed by atoms with van der Waals surface area (Å²) in [4.78, 5) is 22.7. The Morgan fingerprint density at radius 2 is 1.93 bits per heavy atom. The Balaban J connectivity index is 2.32. The van der Waals surface area contributed by atoms with Gasteiger partial charge in [-0.1, -0.05) is 29.8 Å². The van der Waals surface area contributed by atoms with Crippen LogP contribution >= 0.6 is 22.6 Å². The molecule has 7 nitrogen and oxygen atoms in total. The Morgan fingerprint density at radius 3 is 2.52 bits per heavy atom. The zero-order chi connectivity index (χ0) is 21.4. The number of carbonyl (C=O) groups is 2. The number of rotatable bonds is 7. The normalized spacial score (nSPS) is 10.8. The molecule has 2 aromatic carbocycles. The van der Waals surface area contributed by atoms with Crippen molar-refractivity contribution in [2.45, 2.75) is 20.5 Å². The van der Waals surface area contributed by atoms with Crippen LogP contribution in [-0.2, 0) is 11.4 Å². The Hall–Kier alpha value is -3.06. The average Bonchev–Trinajstić information content (AvgIpc) is 2.66. The smallest absolute Gasteiger partial charge is 0.319 e. The molecule has 8 heteroatoms. The number of hydrogen-bond donors (Lipinski definition) is 2. The average molecular weight is 505 g/mol. The minimum atomic E-state index is -1.03. The maximum atomic E-state index is 11.9. The van der Waals surface area contributed by atoms with Crippen LogP contribution in [-0.4, -0.2) is 18.5 Å². The van der Waals surface area contributed by atoms with E-state index in [9.17, 15) is 14.9 Å². The summed E-state index contributed by atoms with van der Waals surface area (Å²) in [6, 6.07) is 12.2. The van der Waals surface area contributed by atoms with Crippen molar-refractivity contribution in [3.63, 3.8) is 0 Å². The van der Waals surface area contributed by atoms with E-state index in [-0.39, 0.29) is 5.57 Å². The van der Waals surface area contributed by atoms with E-state index in [1.165, 1.54) is 11.6 Å². The topological polar surface area (TPSA) is 114 Å². The summed E-state index contributed by atoms with van der Waals surface area (Å²) in [5.74, 6) is 0.197. The third-order valence-corrected chi connectivity index (χ3v) is 4.55. The molecule has 0 saturated heterocycles. The van der Waals surface area contributed by atoms with Crippen molar-refractivity contribution >= 4 is 40.6 Å². The van der Waals surface area contributed by atoms with Crippen molar-refractivity contribution in [2.75, 3.05) is 6.61 Å². The van der Waals surface area contributed by atoms with Crippen molar-refractivity contribution in [3.05, 3.63) is 62.2 Å². The minimum Gasteiger partial charge on any atom is -0.490 e. The molecule has 0 aliphatic heterocycles. The van der Waals surface area contributed by atoms with Gasteiger partial charge in [-0.2, -0.15) is 5.26 Å². The van der Waals surface area contributed by atoms with Crippen LogP contribution in [0.25, 0.3) is 6.08 Å². The molecule has 0 bridgehead atoms. The van der Waals surface area contributed by atoms with E-state index >= 15 is 0 Å². The van der Waals surface area contributed by atoms with Gasteiger partial charge >= 0.3 is 6.03 Å². The highest BCUT2D eigenvalue weighted by Crippen LogP contribution is 2.35. The number of amides is 3. The molecule has 0 heterocycles. The van der Waals surface area contributed by atoms with Crippen molar-refractivity contribution in [2.24, 2.45) is 5.73 Å². The van der Waals surface area contributed by atoms with Gasteiger partial charge in [0.1, 0.15) is 18.2 Å². The number of carbonyl (C=O) groups excluding carboxylic acids is 2. The summed E-state index contributed by atoms with van der Waals surface area (Å²) in [6.45, 7) is 4.65. The number of nitrogens with one attached hydrogen (secondary N) is 1. The van der Waals surface area contributed by atoms with E-state index in [4.69, 9.17) is 15.2 Å². The number of benzene rings is 2. The molecular formula is C21H20IN3O4. The zero-order valence-corrected chi connectivity index (χ0v) is 18.1. The summed E-state index contributed by atoms with van der Waals surface area (Å²) in [6.07, 6.45) is 1.35. The lowest BCUT2D eigenvalue weighted by atomic mass is 10.1. The van der Waals surface area contributed by atoms with E-state index in [1.807, 2.05) is 43.4 Å². The lowest BCUT2D eigenvalue weighted by Gasteiger charge is -2.15. The second kappa shape index (κ2) is 10.5. The fourth-order valence-corrected chi connectivity index (χ4v) is 3.19. The van der Waals surface area contributed by atoms with Crippen LogP contribution in [0.3, 0.4) is 0 Å². The highest BCUT2D eigenvalue weighted by molar-refractivity contribution is 14.1. The fraction of sp³-hybridized carbons (Fsp3) is 0.190. The summed E-state index contributed by atoms with van der Waals surface area (Å²) >= 11 is 2.10. The fourth-order valence-electron chi connectivity index (χ4n) is 2.41. The number of nitriles is 1. The van der Waals surface area contributed by atoms with Gasteiger partial charge in [0.2, 0.25) is 0 Å². The number of primary amides is 1. The molecule has 150 valence electrons. The van der Waals surface area contributed by atoms with E-state index in [2.05, 4.69) is 22.6 Å². The first-order valence-corrected chi connectivity index (χ1v) is 9.79. The molecule has 0 fully saturated rings. The first-order chi connectivity index (χ1) is 13.8. The van der Waals surface area contributed by atoms with Crippen molar-refractivity contribution in [1.82, 2.24) is 5.32 Å². The van der Waals surface area contributed by atoms with E-state index in [0.717, 1.165) is 9.13 Å². The van der Waals surface area contributed by atoms with Crippen LogP contribution in [0, 0.1) is 21.8 Å². The summed E-state index contributed by atoms with van der Waals surface area (Å²) < 4.78 is 12.4. The lowest BCUT2D eigenvalue weighted by molar-refractivity contribution is -0.115. The number of nitrogens with zero attached hydrogens (tertiary/aromatic N) is 1. The molecule has 0 aromatic heterocycles. The lowest BCUT2D eigenvalue weighted by Crippen LogP contribution is -2.35. The van der Waals surface area contributed by atoms with Gasteiger partial charge in [0.05, 0.1) is 10.2 Å². The predicted octanol–water partition coefficient (Wildman–Crippen LogP) is 3.68. The van der Waals surface area contributed by atoms with Crippen LogP contribution in [0.5, 0.6) is 11.5 Å². The van der Waals surface area contributed by atoms with Crippen molar-refractivity contribution in [1.29, 1.82) is 5.26 Å². The standard InChI is InChI=1S/C21H20IN3O4/c1-3-28-18-10-15(8-16(11-23)20(26)25-21(24)27)9-17(22)19(18)29-12-14-6-4-13(2)5-7-14/h4-10H,3,12H2,1-2H3,(H3,24,25,26,27)/b16-8-. The first-order valence-electron chi connectivity index (χ1n) is 8.71. The first kappa shape index (κ1) is 22.2. The molecule has 2 rings (SSSR count). The monoisotopic (exact) mass is 505 g/mol. The number of hydrogen-bond acceptors (Lipinski definition) is 5. The summed E-state index contributed by atoms with van der Waals surface area (Å²) in [5, 5.41) is 11.1. The molecule has 0 aliphatic carbocycles. The number of nitrogens with two attached hydrogens (primary N) is 1. The molecule has 0 atom stereocenters. The van der Waals surface area contributed by atoms with E-state index < -0.39 is 11.9 Å². The molecule has 3 amide bonds. The zero-order valence-electron chi connectivity index (χ0n) is 16.0. The van der Waals surface area contributed by atoms with Crippen LogP contribution in [0.2, 0.25) is 0 Å². The van der Waals surface area contributed by atoms with Gasteiger partial charge in [-0.25, -0.2) is 4.79 Å². The van der Waals surface area contributed by atoms with Crippen LogP contribution in [0.15, 0.2) is 42.0 Å². The van der Waals surface area contributed by atoms with Gasteiger partial charge in [0.25, 0.3) is 5.91 Å². The minimum absolute atomic E-state index is 0.254. The molecule has 0 aliphatic rings. The number of ether oxygens (including phenoxy) is 2. The maximum Gasteiger partial charge on any atom is 0.319 e. The maximum absolute atomic E-state index is 11.9. The third-order valence-electron chi connectivity index (χ3n) is 3.75. The van der Waals surface area contributed by atoms with Gasteiger partial charge < -0.3 is 15.2 Å². The summed E-state index contributed by atoms with van der Waals surface area (Å²) in [5.41, 5.74) is 7.42. The van der Waals surface area contributed by atoms with Gasteiger partial charge in [0, 0.05) is 0 Å². The van der Waals surface area contributed by atoms with Gasteiger partial charge in [-0.05, 0) is 65.8 Å². The second-order valence-corrected chi connectivity index (χ2v) is 7.19. The Labute approximate surface area is 182 Å². The molecule has 0 radical (unpaired) electrons. The summed E-state index contributed by atoms with van der Waals surface area (Å²) in [7, 11) is 0. The molecule has 0 unspecified atom stereocenters. The van der Waals surface area contributed by atoms with E-state index in [1.54, 1.807) is 18.2 Å². The Morgan fingerprint density at radius 1 is 1.24 bits per heavy atom. The Kier molecular flexibility index (Phi) is 8.03. The van der Waals surface area contributed by atoms with Crippen LogP contribution < -0.4 is 20.5 Å². The number of urea groups is 1. The molecule has 2 aromatic rings. The second-order valence-electron chi connectivity index (χ2n) is 6.03. The quantitative estimate of drug-likeness (QED) is 0.339. The Bertz CT molecular complexity index is 979. The predicted molar refractivity (Wildman–Crippen MR) is 117 cm³/mol. The molecule has 0 spiro atoms. The molecule has 29 heavy (non-hydrogen) atoms. The largest absolute Gasteiger partial charge is 0.490 e.